The number of ether oxygens (including phenoxy) is 1. The fourth-order valence-corrected chi connectivity index (χ4v) is 1.64. The molecule has 0 radical (unpaired) electrons. The van der Waals surface area contributed by atoms with Crippen molar-refractivity contribution in [3.8, 4) is 5.75 Å². The molecule has 2 N–H and O–H groups in total. The summed E-state index contributed by atoms with van der Waals surface area (Å²) in [4.78, 5) is 3.90. The van der Waals surface area contributed by atoms with E-state index >= 15 is 0 Å². The molecule has 0 amide bonds. The van der Waals surface area contributed by atoms with Crippen molar-refractivity contribution in [3.63, 3.8) is 0 Å². The number of rotatable bonds is 3. The molecule has 0 aliphatic rings. The smallest absolute Gasteiger partial charge is 0.132 e. The molecule has 0 bridgehead atoms. The fraction of sp³-hybridized carbons (Fsp3) is 0.154. The average Bonchev–Trinajstić information content (AvgIpc) is 2.39. The van der Waals surface area contributed by atoms with Gasteiger partial charge in [-0.1, -0.05) is 6.07 Å². The van der Waals surface area contributed by atoms with Gasteiger partial charge in [0.1, 0.15) is 11.6 Å². The quantitative estimate of drug-likeness (QED) is 0.883. The van der Waals surface area contributed by atoms with Gasteiger partial charge in [-0.05, 0) is 23.8 Å². The van der Waals surface area contributed by atoms with Crippen molar-refractivity contribution in [2.75, 3.05) is 7.11 Å². The van der Waals surface area contributed by atoms with Crippen LogP contribution in [0.4, 0.5) is 4.39 Å². The number of methoxy groups -OCH3 is 1. The summed E-state index contributed by atoms with van der Waals surface area (Å²) in [6.45, 7) is 0. The van der Waals surface area contributed by atoms with Crippen LogP contribution < -0.4 is 10.5 Å². The molecule has 1 aromatic carbocycles. The fourth-order valence-electron chi connectivity index (χ4n) is 1.64. The minimum Gasteiger partial charge on any atom is -0.497 e. The molecule has 88 valence electrons. The van der Waals surface area contributed by atoms with Crippen LogP contribution >= 0.6 is 0 Å². The summed E-state index contributed by atoms with van der Waals surface area (Å²) in [5.41, 5.74) is 7.26. The number of pyridine rings is 1. The van der Waals surface area contributed by atoms with E-state index in [2.05, 4.69) is 4.98 Å². The first-order chi connectivity index (χ1) is 8.22. The van der Waals surface area contributed by atoms with Crippen LogP contribution in [0.2, 0.25) is 0 Å². The summed E-state index contributed by atoms with van der Waals surface area (Å²) in [5.74, 6) is 0.113. The van der Waals surface area contributed by atoms with E-state index in [9.17, 15) is 4.39 Å². The van der Waals surface area contributed by atoms with Crippen LogP contribution in [0.1, 0.15) is 17.2 Å². The van der Waals surface area contributed by atoms with Gasteiger partial charge in [-0.25, -0.2) is 4.39 Å². The Morgan fingerprint density at radius 1 is 1.24 bits per heavy atom. The maximum absolute atomic E-state index is 13.8. The highest BCUT2D eigenvalue weighted by atomic mass is 19.1. The first-order valence-corrected chi connectivity index (χ1v) is 5.21. The largest absolute Gasteiger partial charge is 0.497 e. The second kappa shape index (κ2) is 4.93. The van der Waals surface area contributed by atoms with Crippen molar-refractivity contribution in [3.05, 3.63) is 59.7 Å². The maximum atomic E-state index is 13.8. The highest BCUT2D eigenvalue weighted by Gasteiger charge is 2.13. The van der Waals surface area contributed by atoms with E-state index in [0.29, 0.717) is 11.3 Å². The third-order valence-electron chi connectivity index (χ3n) is 2.61. The summed E-state index contributed by atoms with van der Waals surface area (Å²) in [6.07, 6.45) is 3.27. The SMILES string of the molecule is COc1ccc(C(N)c2ccncc2)c(F)c1. The van der Waals surface area contributed by atoms with E-state index in [1.165, 1.54) is 13.2 Å². The van der Waals surface area contributed by atoms with E-state index in [1.54, 1.807) is 36.7 Å². The molecule has 4 heteroatoms. The van der Waals surface area contributed by atoms with Crippen LogP contribution in [0.15, 0.2) is 42.7 Å². The molecule has 3 nitrogen and oxygen atoms in total. The van der Waals surface area contributed by atoms with Gasteiger partial charge in [0.05, 0.1) is 13.2 Å². The Bertz CT molecular complexity index is 502. The van der Waals surface area contributed by atoms with Crippen molar-refractivity contribution in [1.29, 1.82) is 0 Å². The highest BCUT2D eigenvalue weighted by Crippen LogP contribution is 2.24. The lowest BCUT2D eigenvalue weighted by atomic mass is 10.00. The molecule has 1 atom stereocenters. The normalized spacial score (nSPS) is 12.2. The van der Waals surface area contributed by atoms with Gasteiger partial charge in [0.25, 0.3) is 0 Å². The molecule has 0 spiro atoms. The molecule has 1 aromatic heterocycles. The van der Waals surface area contributed by atoms with Crippen LogP contribution in [0, 0.1) is 5.82 Å². The van der Waals surface area contributed by atoms with E-state index in [-0.39, 0.29) is 5.82 Å². The summed E-state index contributed by atoms with van der Waals surface area (Å²) in [6, 6.07) is 7.71. The highest BCUT2D eigenvalue weighted by molar-refractivity contribution is 5.35. The minimum atomic E-state index is -0.496. The third-order valence-corrected chi connectivity index (χ3v) is 2.61. The molecule has 17 heavy (non-hydrogen) atoms. The lowest BCUT2D eigenvalue weighted by molar-refractivity contribution is 0.410. The Kier molecular flexibility index (Phi) is 3.35. The Morgan fingerprint density at radius 3 is 2.53 bits per heavy atom. The van der Waals surface area contributed by atoms with Crippen LogP contribution in [0.3, 0.4) is 0 Å². The molecule has 0 saturated heterocycles. The monoisotopic (exact) mass is 232 g/mol. The second-order valence-corrected chi connectivity index (χ2v) is 3.65. The minimum absolute atomic E-state index is 0.367. The maximum Gasteiger partial charge on any atom is 0.132 e. The van der Waals surface area contributed by atoms with Gasteiger partial charge in [-0.15, -0.1) is 0 Å². The predicted molar refractivity (Wildman–Crippen MR) is 63.2 cm³/mol. The van der Waals surface area contributed by atoms with Gasteiger partial charge in [0.2, 0.25) is 0 Å². The van der Waals surface area contributed by atoms with Crippen molar-refractivity contribution in [1.82, 2.24) is 4.98 Å². The van der Waals surface area contributed by atoms with Crippen molar-refractivity contribution in [2.45, 2.75) is 6.04 Å². The van der Waals surface area contributed by atoms with Gasteiger partial charge < -0.3 is 10.5 Å². The number of hydrogen-bond donors (Lipinski definition) is 1. The zero-order valence-electron chi connectivity index (χ0n) is 9.43. The summed E-state index contributed by atoms with van der Waals surface area (Å²) >= 11 is 0. The standard InChI is InChI=1S/C13H13FN2O/c1-17-10-2-3-11(12(14)8-10)13(15)9-4-6-16-7-5-9/h2-8,13H,15H2,1H3. The summed E-state index contributed by atoms with van der Waals surface area (Å²) in [5, 5.41) is 0. The number of benzene rings is 1. The number of hydrogen-bond acceptors (Lipinski definition) is 3. The average molecular weight is 232 g/mol. The zero-order chi connectivity index (χ0) is 12.3. The number of nitrogens with two attached hydrogens (primary N) is 1. The zero-order valence-corrected chi connectivity index (χ0v) is 9.43. The Morgan fingerprint density at radius 2 is 1.94 bits per heavy atom. The van der Waals surface area contributed by atoms with E-state index in [1.807, 2.05) is 0 Å². The molecule has 1 heterocycles. The van der Waals surface area contributed by atoms with E-state index in [4.69, 9.17) is 10.5 Å². The molecule has 1 unspecified atom stereocenters. The predicted octanol–water partition coefficient (Wildman–Crippen LogP) is 2.28. The second-order valence-electron chi connectivity index (χ2n) is 3.65. The van der Waals surface area contributed by atoms with Crippen LogP contribution in [-0.4, -0.2) is 12.1 Å². The molecular formula is C13H13FN2O. The van der Waals surface area contributed by atoms with E-state index < -0.39 is 6.04 Å². The number of halogens is 1. The molecule has 0 fully saturated rings. The van der Waals surface area contributed by atoms with Gasteiger partial charge in [0, 0.05) is 24.0 Å². The van der Waals surface area contributed by atoms with Crippen LogP contribution in [-0.2, 0) is 0 Å². The lowest BCUT2D eigenvalue weighted by Gasteiger charge is -2.13. The Labute approximate surface area is 99.1 Å². The van der Waals surface area contributed by atoms with Crippen LogP contribution in [0.25, 0.3) is 0 Å². The van der Waals surface area contributed by atoms with Gasteiger partial charge in [0.15, 0.2) is 0 Å². The number of aromatic nitrogens is 1. The molecule has 2 rings (SSSR count). The van der Waals surface area contributed by atoms with Crippen molar-refractivity contribution >= 4 is 0 Å². The van der Waals surface area contributed by atoms with Crippen molar-refractivity contribution in [2.24, 2.45) is 5.73 Å². The van der Waals surface area contributed by atoms with Gasteiger partial charge in [-0.2, -0.15) is 0 Å². The number of nitrogens with zero attached hydrogens (tertiary/aromatic N) is 1. The third kappa shape index (κ3) is 2.42. The summed E-state index contributed by atoms with van der Waals surface area (Å²) < 4.78 is 18.7. The lowest BCUT2D eigenvalue weighted by Crippen LogP contribution is -2.13. The van der Waals surface area contributed by atoms with Crippen LogP contribution in [0.5, 0.6) is 5.75 Å². The van der Waals surface area contributed by atoms with E-state index in [0.717, 1.165) is 5.56 Å². The molecular weight excluding hydrogens is 219 g/mol. The van der Waals surface area contributed by atoms with Gasteiger partial charge >= 0.3 is 0 Å². The first-order valence-electron chi connectivity index (χ1n) is 5.21. The summed E-state index contributed by atoms with van der Waals surface area (Å²) in [7, 11) is 1.50. The van der Waals surface area contributed by atoms with Gasteiger partial charge in [-0.3, -0.25) is 4.98 Å². The van der Waals surface area contributed by atoms with Crippen molar-refractivity contribution < 1.29 is 9.13 Å². The topological polar surface area (TPSA) is 48.1 Å². The Hall–Kier alpha value is -1.94. The molecule has 0 aliphatic carbocycles. The molecule has 0 aliphatic heterocycles. The first kappa shape index (κ1) is 11.5. The Balaban J connectivity index is 2.34. The molecule has 0 saturated carbocycles. The molecule has 2 aromatic rings.